The number of fused-ring (bicyclic) bond motifs is 1. The third-order valence-corrected chi connectivity index (χ3v) is 16.4. The van der Waals surface area contributed by atoms with E-state index in [1.165, 1.54) is 12.4 Å². The fraction of sp³-hybridized carbons (Fsp3) is 0.660. The summed E-state index contributed by atoms with van der Waals surface area (Å²) >= 11 is 0. The van der Waals surface area contributed by atoms with Crippen molar-refractivity contribution >= 4 is 46.3 Å². The first kappa shape index (κ1) is 56.6. The first-order valence-corrected chi connectivity index (χ1v) is 26.7. The Morgan fingerprint density at radius 3 is 2.28 bits per heavy atom. The van der Waals surface area contributed by atoms with Crippen LogP contribution < -0.4 is 21.3 Å². The Hall–Kier alpha value is -5.65. The lowest BCUT2D eigenvalue weighted by Gasteiger charge is -2.45. The molecule has 18 nitrogen and oxygen atoms in total. The van der Waals surface area contributed by atoms with Crippen molar-refractivity contribution in [3.8, 4) is 0 Å². The van der Waals surface area contributed by atoms with Gasteiger partial charge in [-0.05, 0) is 115 Å². The molecule has 3 aromatic rings. The quantitative estimate of drug-likeness (QED) is 0.0889. The highest BCUT2D eigenvalue weighted by Gasteiger charge is 2.50. The van der Waals surface area contributed by atoms with Gasteiger partial charge in [0.25, 0.3) is 5.92 Å². The molecule has 0 spiro atoms. The maximum absolute atomic E-state index is 15.7. The fourth-order valence-corrected chi connectivity index (χ4v) is 11.9. The topological polar surface area (TPSA) is 204 Å². The number of anilines is 1. The number of piperidine rings is 1. The second-order valence-corrected chi connectivity index (χ2v) is 21.3. The molecule has 416 valence electrons. The van der Waals surface area contributed by atoms with Crippen LogP contribution in [0.5, 0.6) is 0 Å². The van der Waals surface area contributed by atoms with Crippen LogP contribution in [0, 0.1) is 17.8 Å². The van der Waals surface area contributed by atoms with Crippen LogP contribution in [0.25, 0.3) is 10.9 Å². The number of rotatable bonds is 20. The Labute approximate surface area is 439 Å². The van der Waals surface area contributed by atoms with Gasteiger partial charge in [-0.15, -0.1) is 0 Å². The van der Waals surface area contributed by atoms with Crippen molar-refractivity contribution < 1.29 is 55.4 Å². The van der Waals surface area contributed by atoms with E-state index in [1.54, 1.807) is 40.2 Å². The summed E-state index contributed by atoms with van der Waals surface area (Å²) in [5, 5.41) is 12.0. The zero-order valence-corrected chi connectivity index (χ0v) is 43.7. The third-order valence-electron chi connectivity index (χ3n) is 16.4. The summed E-state index contributed by atoms with van der Waals surface area (Å²) in [6, 6.07) is 5.25. The third kappa shape index (κ3) is 13.4. The predicted molar refractivity (Wildman–Crippen MR) is 270 cm³/mol. The number of hydrogen-bond acceptors (Lipinski definition) is 13. The Kier molecular flexibility index (Phi) is 18.4. The Bertz CT molecular complexity index is 2500. The maximum atomic E-state index is 15.7. The predicted octanol–water partition coefficient (Wildman–Crippen LogP) is 4.80. The molecule has 8 rings (SSSR count). The molecule has 23 heteroatoms. The highest BCUT2D eigenvalue weighted by molar-refractivity contribution is 5.93. The second kappa shape index (κ2) is 24.8. The van der Waals surface area contributed by atoms with Crippen LogP contribution >= 0.6 is 0 Å². The monoisotopic (exact) mass is 1070 g/mol. The molecule has 2 aliphatic carbocycles. The van der Waals surface area contributed by atoms with Crippen molar-refractivity contribution in [1.82, 2.24) is 50.5 Å². The number of nitrogens with zero attached hydrogens (tertiary/aromatic N) is 7. The highest BCUT2D eigenvalue weighted by atomic mass is 19.4. The average molecular weight is 1070 g/mol. The number of carbonyl (C=O) groups excluding carboxylic acids is 5. The lowest BCUT2D eigenvalue weighted by molar-refractivity contribution is -0.155. The van der Waals surface area contributed by atoms with Crippen molar-refractivity contribution in [2.45, 2.75) is 132 Å². The number of pyridine rings is 1. The van der Waals surface area contributed by atoms with Crippen molar-refractivity contribution in [2.75, 3.05) is 78.6 Å². The van der Waals surface area contributed by atoms with Gasteiger partial charge < -0.3 is 45.4 Å². The molecule has 5 aliphatic rings. The molecule has 2 aromatic heterocycles. The van der Waals surface area contributed by atoms with Gasteiger partial charge in [0.15, 0.2) is 0 Å². The molecule has 2 saturated carbocycles. The summed E-state index contributed by atoms with van der Waals surface area (Å²) in [5.41, 5.74) is 0.249. The first-order chi connectivity index (χ1) is 36.3. The summed E-state index contributed by atoms with van der Waals surface area (Å²) < 4.78 is 83.3. The van der Waals surface area contributed by atoms with Crippen LogP contribution in [-0.2, 0) is 39.6 Å². The molecule has 5 heterocycles. The number of nitrogens with one attached hydrogen (secondary N) is 4. The van der Waals surface area contributed by atoms with Gasteiger partial charge in [0.1, 0.15) is 24.1 Å². The number of alkyl halides is 5. The molecule has 5 fully saturated rings. The van der Waals surface area contributed by atoms with Crippen LogP contribution in [0.4, 0.5) is 27.8 Å². The Morgan fingerprint density at radius 1 is 0.882 bits per heavy atom. The number of amides is 5. The van der Waals surface area contributed by atoms with E-state index < -0.39 is 54.0 Å². The molecule has 1 unspecified atom stereocenters. The lowest BCUT2D eigenvalue weighted by atomic mass is 9.81. The molecule has 5 amide bonds. The van der Waals surface area contributed by atoms with Gasteiger partial charge in [0.05, 0.1) is 68.1 Å². The summed E-state index contributed by atoms with van der Waals surface area (Å²) in [6.45, 7) is 5.36. The highest BCUT2D eigenvalue weighted by Crippen LogP contribution is 2.40. The fourth-order valence-electron chi connectivity index (χ4n) is 11.9. The minimum atomic E-state index is -4.57. The minimum Gasteiger partial charge on any atom is -0.377 e. The molecule has 7 atom stereocenters. The molecular weight excluding hydrogens is 998 g/mol. The zero-order valence-electron chi connectivity index (χ0n) is 43.7. The number of carbonyl (C=O) groups is 5. The van der Waals surface area contributed by atoms with Gasteiger partial charge in [-0.2, -0.15) is 13.2 Å². The SMILES string of the molecule is CC(C)N(C)[C@@H]1CC[C@H](N2CC[C@H](Nc3ncnc4ccc(C(F)(F)F)cc34)C2=O)[C@H](NC(=O)[C@H]2CC[C@@H](N3CCC(C(=O)NCCOCCOCCNC(=O)[C@H]4CC(=O)N(C)[C@@H]4c4cccnc4)C(F)(F)C3)CC2)C1. The summed E-state index contributed by atoms with van der Waals surface area (Å²) in [7, 11) is 3.73. The number of ether oxygens (including phenoxy) is 2. The lowest BCUT2D eigenvalue weighted by Crippen LogP contribution is -2.59. The van der Waals surface area contributed by atoms with E-state index in [1.807, 2.05) is 6.07 Å². The number of hydrogen-bond donors (Lipinski definition) is 4. The maximum Gasteiger partial charge on any atom is 0.416 e. The smallest absolute Gasteiger partial charge is 0.377 e. The number of halogens is 5. The molecule has 0 bridgehead atoms. The standard InChI is InChI=1S/C53H72F5N11O7/c1-32(2)66(3)37-12-14-44(69-21-16-42(51(69)74)64-47-38-26-35(53(56,57)58)9-13-41(38)62-31-63-47)43(27-37)65-48(71)33-7-10-36(11-8-33)68-20-15-40(52(54,55)30-68)50(73)61-19-23-76-25-24-75-22-18-60-49(72)39-28-45(70)67(4)46(39)34-6-5-17-59-29-34/h5-6,9,13,17,26,29,31-33,36-37,39-40,42-44,46H,7-8,10-12,14-16,18-25,27-28,30H2,1-4H3,(H,60,72)(H,61,73)(H,65,71)(H,62,63,64)/t33-,36+,37-,39+,40?,42+,43-,44+,46-/m1/s1. The van der Waals surface area contributed by atoms with Crippen LogP contribution in [0.3, 0.4) is 0 Å². The van der Waals surface area contributed by atoms with Gasteiger partial charge in [-0.25, -0.2) is 18.7 Å². The molecule has 4 N–H and O–H groups in total. The molecule has 76 heavy (non-hydrogen) atoms. The van der Waals surface area contributed by atoms with Gasteiger partial charge in [0.2, 0.25) is 29.5 Å². The number of benzene rings is 1. The van der Waals surface area contributed by atoms with Crippen LogP contribution in [-0.4, -0.2) is 180 Å². The van der Waals surface area contributed by atoms with Gasteiger partial charge in [-0.1, -0.05) is 6.07 Å². The van der Waals surface area contributed by atoms with E-state index in [4.69, 9.17) is 9.47 Å². The van der Waals surface area contributed by atoms with Crippen molar-refractivity contribution in [2.24, 2.45) is 17.8 Å². The second-order valence-electron chi connectivity index (χ2n) is 21.3. The van der Waals surface area contributed by atoms with Gasteiger partial charge in [0, 0.05) is 74.9 Å². The van der Waals surface area contributed by atoms with Crippen LogP contribution in [0.1, 0.15) is 95.2 Å². The van der Waals surface area contributed by atoms with E-state index in [9.17, 15) is 37.1 Å². The zero-order chi connectivity index (χ0) is 54.3. The number of aromatic nitrogens is 3. The Balaban J connectivity index is 0.744. The van der Waals surface area contributed by atoms with Crippen LogP contribution in [0.15, 0.2) is 49.1 Å². The summed E-state index contributed by atoms with van der Waals surface area (Å²) in [4.78, 5) is 86.4. The molecule has 0 radical (unpaired) electrons. The molecular formula is C53H72F5N11O7. The summed E-state index contributed by atoms with van der Waals surface area (Å²) in [5.74, 6) is -6.94. The first-order valence-electron chi connectivity index (χ1n) is 26.7. The minimum absolute atomic E-state index is 0.0162. The largest absolute Gasteiger partial charge is 0.416 e. The van der Waals surface area contributed by atoms with E-state index in [-0.39, 0.29) is 123 Å². The van der Waals surface area contributed by atoms with E-state index in [2.05, 4.69) is 62.0 Å². The molecule has 1 aromatic carbocycles. The average Bonchev–Trinajstić information content (AvgIpc) is 3.92. The van der Waals surface area contributed by atoms with E-state index in [0.29, 0.717) is 63.6 Å². The van der Waals surface area contributed by atoms with E-state index in [0.717, 1.165) is 24.1 Å². The van der Waals surface area contributed by atoms with Crippen LogP contribution in [0.2, 0.25) is 0 Å². The molecule has 3 saturated heterocycles. The van der Waals surface area contributed by atoms with Gasteiger partial charge >= 0.3 is 6.18 Å². The molecule has 3 aliphatic heterocycles. The normalized spacial score (nSPS) is 27.3. The van der Waals surface area contributed by atoms with Crippen molar-refractivity contribution in [3.05, 3.63) is 60.2 Å². The van der Waals surface area contributed by atoms with Crippen molar-refractivity contribution in [1.29, 1.82) is 0 Å². The van der Waals surface area contributed by atoms with E-state index >= 15 is 8.78 Å². The van der Waals surface area contributed by atoms with Crippen molar-refractivity contribution in [3.63, 3.8) is 0 Å². The summed E-state index contributed by atoms with van der Waals surface area (Å²) in [6.07, 6.45) is 4.59. The number of likely N-dealkylation sites (tertiary alicyclic amines) is 3. The Morgan fingerprint density at radius 2 is 1.61 bits per heavy atom. The van der Waals surface area contributed by atoms with Gasteiger partial charge in [-0.3, -0.25) is 33.9 Å².